The van der Waals surface area contributed by atoms with Crippen LogP contribution >= 0.6 is 11.6 Å². The van der Waals surface area contributed by atoms with E-state index in [1.165, 1.54) is 0 Å². The lowest BCUT2D eigenvalue weighted by molar-refractivity contribution is 0.895. The van der Waals surface area contributed by atoms with Gasteiger partial charge in [0.05, 0.1) is 10.7 Å². The van der Waals surface area contributed by atoms with Crippen LogP contribution in [0.15, 0.2) is 54.6 Å². The van der Waals surface area contributed by atoms with Gasteiger partial charge in [0.15, 0.2) is 0 Å². The number of halogens is 1. The lowest BCUT2D eigenvalue weighted by Crippen LogP contribution is -2.01. The van der Waals surface area contributed by atoms with E-state index in [1.807, 2.05) is 48.5 Å². The molecular formula is C16H11ClN4. The number of aromatic nitrogens is 2. The second-order valence-corrected chi connectivity index (χ2v) is 4.86. The van der Waals surface area contributed by atoms with Crippen LogP contribution in [0.5, 0.6) is 0 Å². The smallest absolute Gasteiger partial charge is 0.145 e. The van der Waals surface area contributed by atoms with Gasteiger partial charge in [0.1, 0.15) is 23.1 Å². The zero-order chi connectivity index (χ0) is 14.8. The summed E-state index contributed by atoms with van der Waals surface area (Å²) in [4.78, 5) is 0. The molecule has 21 heavy (non-hydrogen) atoms. The van der Waals surface area contributed by atoms with Gasteiger partial charge in [-0.25, -0.2) is 4.68 Å². The number of rotatable bonds is 2. The molecule has 3 aromatic rings. The summed E-state index contributed by atoms with van der Waals surface area (Å²) in [6.07, 6.45) is 0. The van der Waals surface area contributed by atoms with Crippen LogP contribution in [0.1, 0.15) is 5.56 Å². The Kier molecular flexibility index (Phi) is 3.35. The van der Waals surface area contributed by atoms with Crippen molar-refractivity contribution in [2.45, 2.75) is 0 Å². The maximum absolute atomic E-state index is 9.39. The van der Waals surface area contributed by atoms with Crippen molar-refractivity contribution in [3.63, 3.8) is 0 Å². The summed E-state index contributed by atoms with van der Waals surface area (Å²) in [6.45, 7) is 0. The number of nitrogen functional groups attached to an aromatic ring is 1. The van der Waals surface area contributed by atoms with E-state index in [9.17, 15) is 5.26 Å². The third-order valence-corrected chi connectivity index (χ3v) is 3.49. The summed E-state index contributed by atoms with van der Waals surface area (Å²) < 4.78 is 1.55. The number of nitriles is 1. The number of anilines is 1. The zero-order valence-corrected chi connectivity index (χ0v) is 11.7. The first-order valence-electron chi connectivity index (χ1n) is 6.31. The van der Waals surface area contributed by atoms with Crippen molar-refractivity contribution in [2.24, 2.45) is 0 Å². The third-order valence-electron chi connectivity index (χ3n) is 3.16. The van der Waals surface area contributed by atoms with E-state index in [2.05, 4.69) is 11.2 Å². The Balaban J connectivity index is 2.25. The van der Waals surface area contributed by atoms with E-state index in [-0.39, 0.29) is 0 Å². The molecule has 1 aromatic heterocycles. The minimum atomic E-state index is 0.304. The number of nitrogens with zero attached hydrogens (tertiary/aromatic N) is 3. The highest BCUT2D eigenvalue weighted by molar-refractivity contribution is 6.33. The Morgan fingerprint density at radius 1 is 1.05 bits per heavy atom. The molecule has 0 amide bonds. The normalized spacial score (nSPS) is 10.3. The van der Waals surface area contributed by atoms with E-state index in [1.54, 1.807) is 10.7 Å². The molecule has 1 heterocycles. The number of hydrogen-bond acceptors (Lipinski definition) is 3. The molecule has 3 rings (SSSR count). The monoisotopic (exact) mass is 294 g/mol. The van der Waals surface area contributed by atoms with Crippen molar-refractivity contribution in [1.82, 2.24) is 9.78 Å². The van der Waals surface area contributed by atoms with Crippen LogP contribution in [0, 0.1) is 11.3 Å². The Bertz CT molecular complexity index is 831. The fourth-order valence-electron chi connectivity index (χ4n) is 2.15. The van der Waals surface area contributed by atoms with Crippen molar-refractivity contribution < 1.29 is 0 Å². The van der Waals surface area contributed by atoms with E-state index >= 15 is 0 Å². The van der Waals surface area contributed by atoms with Gasteiger partial charge in [-0.3, -0.25) is 0 Å². The van der Waals surface area contributed by atoms with Crippen LogP contribution < -0.4 is 5.73 Å². The first kappa shape index (κ1) is 13.2. The number of nitrogens with two attached hydrogens (primary N) is 1. The predicted octanol–water partition coefficient (Wildman–Crippen LogP) is 3.65. The molecule has 0 spiro atoms. The van der Waals surface area contributed by atoms with Crippen LogP contribution in [-0.4, -0.2) is 9.78 Å². The Morgan fingerprint density at radius 3 is 2.38 bits per heavy atom. The van der Waals surface area contributed by atoms with E-state index in [0.29, 0.717) is 27.7 Å². The Morgan fingerprint density at radius 2 is 1.71 bits per heavy atom. The molecule has 5 heteroatoms. The summed E-state index contributed by atoms with van der Waals surface area (Å²) in [5, 5.41) is 14.4. The quantitative estimate of drug-likeness (QED) is 0.784. The standard InChI is InChI=1S/C16H11ClN4/c17-14-9-5-4-8-12(14)15-13(10-18)16(19)21(20-15)11-6-2-1-3-7-11/h1-9H,19H2. The largest absolute Gasteiger partial charge is 0.382 e. The first-order chi connectivity index (χ1) is 10.2. The summed E-state index contributed by atoms with van der Waals surface area (Å²) in [5.41, 5.74) is 8.37. The molecule has 2 aromatic carbocycles. The molecule has 0 unspecified atom stereocenters. The molecule has 0 atom stereocenters. The van der Waals surface area contributed by atoms with Gasteiger partial charge in [-0.15, -0.1) is 0 Å². The fourth-order valence-corrected chi connectivity index (χ4v) is 2.37. The maximum atomic E-state index is 9.39. The molecular weight excluding hydrogens is 284 g/mol. The summed E-state index contributed by atoms with van der Waals surface area (Å²) in [7, 11) is 0. The van der Waals surface area contributed by atoms with Crippen LogP contribution in [0.3, 0.4) is 0 Å². The van der Waals surface area contributed by atoms with Gasteiger partial charge < -0.3 is 5.73 Å². The summed E-state index contributed by atoms with van der Waals surface area (Å²) in [5.74, 6) is 0.304. The predicted molar refractivity (Wildman–Crippen MR) is 83.1 cm³/mol. The van der Waals surface area contributed by atoms with Gasteiger partial charge in [0.25, 0.3) is 0 Å². The second-order valence-electron chi connectivity index (χ2n) is 4.45. The molecule has 0 radical (unpaired) electrons. The summed E-state index contributed by atoms with van der Waals surface area (Å²) in [6, 6.07) is 18.8. The SMILES string of the molecule is N#Cc1c(-c2ccccc2Cl)nn(-c2ccccc2)c1N. The van der Waals surface area contributed by atoms with Crippen molar-refractivity contribution in [3.8, 4) is 23.0 Å². The highest BCUT2D eigenvalue weighted by atomic mass is 35.5. The van der Waals surface area contributed by atoms with Crippen LogP contribution in [0.25, 0.3) is 16.9 Å². The zero-order valence-electron chi connectivity index (χ0n) is 11.0. The lowest BCUT2D eigenvalue weighted by atomic mass is 10.1. The van der Waals surface area contributed by atoms with Gasteiger partial charge in [-0.05, 0) is 18.2 Å². The van der Waals surface area contributed by atoms with Crippen molar-refractivity contribution in [1.29, 1.82) is 5.26 Å². The first-order valence-corrected chi connectivity index (χ1v) is 6.69. The van der Waals surface area contributed by atoms with Crippen LogP contribution in [0.2, 0.25) is 5.02 Å². The van der Waals surface area contributed by atoms with Gasteiger partial charge >= 0.3 is 0 Å². The number of para-hydroxylation sites is 1. The van der Waals surface area contributed by atoms with Crippen LogP contribution in [-0.2, 0) is 0 Å². The number of benzene rings is 2. The van der Waals surface area contributed by atoms with Gasteiger partial charge in [0.2, 0.25) is 0 Å². The number of hydrogen-bond donors (Lipinski definition) is 1. The fraction of sp³-hybridized carbons (Fsp3) is 0. The molecule has 0 fully saturated rings. The minimum absolute atomic E-state index is 0.304. The molecule has 0 saturated carbocycles. The molecule has 0 bridgehead atoms. The van der Waals surface area contributed by atoms with Gasteiger partial charge in [-0.1, -0.05) is 48.0 Å². The van der Waals surface area contributed by atoms with Crippen molar-refractivity contribution in [3.05, 3.63) is 65.2 Å². The van der Waals surface area contributed by atoms with Gasteiger partial charge in [0, 0.05) is 5.56 Å². The topological polar surface area (TPSA) is 67.6 Å². The van der Waals surface area contributed by atoms with E-state index < -0.39 is 0 Å². The Labute approximate surface area is 127 Å². The van der Waals surface area contributed by atoms with Crippen LogP contribution in [0.4, 0.5) is 5.82 Å². The van der Waals surface area contributed by atoms with Crippen molar-refractivity contribution >= 4 is 17.4 Å². The molecule has 4 nitrogen and oxygen atoms in total. The molecule has 102 valence electrons. The highest BCUT2D eigenvalue weighted by Gasteiger charge is 2.19. The molecule has 0 saturated heterocycles. The average molecular weight is 295 g/mol. The molecule has 2 N–H and O–H groups in total. The summed E-state index contributed by atoms with van der Waals surface area (Å²) >= 11 is 6.20. The maximum Gasteiger partial charge on any atom is 0.145 e. The molecule has 0 aliphatic heterocycles. The third kappa shape index (κ3) is 2.24. The Hall–Kier alpha value is -2.77. The average Bonchev–Trinajstić information content (AvgIpc) is 2.85. The minimum Gasteiger partial charge on any atom is -0.382 e. The van der Waals surface area contributed by atoms with E-state index in [4.69, 9.17) is 17.3 Å². The second kappa shape index (κ2) is 5.31. The lowest BCUT2D eigenvalue weighted by Gasteiger charge is -2.02. The van der Waals surface area contributed by atoms with Crippen molar-refractivity contribution in [2.75, 3.05) is 5.73 Å². The molecule has 0 aliphatic carbocycles. The van der Waals surface area contributed by atoms with E-state index in [0.717, 1.165) is 5.69 Å². The molecule has 0 aliphatic rings. The van der Waals surface area contributed by atoms with Gasteiger partial charge in [-0.2, -0.15) is 10.4 Å². The highest BCUT2D eigenvalue weighted by Crippen LogP contribution is 2.32.